The number of guanidine groups is 1. The number of hydrogen-bond donors (Lipinski definition) is 1. The van der Waals surface area contributed by atoms with Crippen LogP contribution in [0.2, 0.25) is 0 Å². The molecule has 2 aliphatic heterocycles. The topological polar surface area (TPSA) is 54.1 Å². The van der Waals surface area contributed by atoms with Crippen molar-refractivity contribution in [2.24, 2.45) is 10.7 Å². The fourth-order valence-electron chi connectivity index (χ4n) is 3.74. The average molecular weight is 330 g/mol. The number of ether oxygens (including phenoxy) is 1. The van der Waals surface area contributed by atoms with Crippen LogP contribution in [0.15, 0.2) is 29.3 Å². The van der Waals surface area contributed by atoms with Crippen molar-refractivity contribution >= 4 is 5.96 Å². The van der Waals surface area contributed by atoms with Gasteiger partial charge >= 0.3 is 0 Å². The molecule has 0 aliphatic carbocycles. The molecule has 2 heterocycles. The van der Waals surface area contributed by atoms with E-state index in [2.05, 4.69) is 28.0 Å². The molecule has 5 nitrogen and oxygen atoms in total. The molecular formula is C19H30N4O. The van der Waals surface area contributed by atoms with Gasteiger partial charge in [0.05, 0.1) is 19.7 Å². The first kappa shape index (κ1) is 17.1. The molecule has 0 saturated carbocycles. The Kier molecular flexibility index (Phi) is 5.96. The van der Waals surface area contributed by atoms with Gasteiger partial charge in [-0.05, 0) is 62.9 Å². The van der Waals surface area contributed by atoms with E-state index in [0.29, 0.717) is 5.96 Å². The zero-order valence-corrected chi connectivity index (χ0v) is 14.8. The molecular weight excluding hydrogens is 300 g/mol. The lowest BCUT2D eigenvalue weighted by molar-refractivity contribution is 0.250. The van der Waals surface area contributed by atoms with Crippen LogP contribution in [0.25, 0.3) is 0 Å². The molecule has 132 valence electrons. The second-order valence-corrected chi connectivity index (χ2v) is 6.78. The van der Waals surface area contributed by atoms with Gasteiger partial charge in [0, 0.05) is 13.1 Å². The quantitative estimate of drug-likeness (QED) is 0.666. The molecule has 2 aliphatic rings. The number of nitrogens with zero attached hydrogens (tertiary/aromatic N) is 3. The van der Waals surface area contributed by atoms with Crippen LogP contribution in [-0.4, -0.2) is 55.6 Å². The summed E-state index contributed by atoms with van der Waals surface area (Å²) < 4.78 is 5.40. The predicted octanol–water partition coefficient (Wildman–Crippen LogP) is 2.63. The van der Waals surface area contributed by atoms with E-state index < -0.39 is 0 Å². The molecule has 1 atom stereocenters. The Hall–Kier alpha value is -1.75. The Labute approximate surface area is 145 Å². The Morgan fingerprint density at radius 1 is 1.12 bits per heavy atom. The van der Waals surface area contributed by atoms with Crippen molar-refractivity contribution < 1.29 is 4.74 Å². The Balaban J connectivity index is 1.74. The molecule has 2 saturated heterocycles. The maximum Gasteiger partial charge on any atom is 0.191 e. The van der Waals surface area contributed by atoms with E-state index in [-0.39, 0.29) is 6.04 Å². The second kappa shape index (κ2) is 8.38. The SMILES string of the molecule is COc1cccc(C(CN=C(N)N2CCCCC2)N2CCCC2)c1. The summed E-state index contributed by atoms with van der Waals surface area (Å²) in [7, 11) is 1.72. The molecule has 3 rings (SSSR count). The van der Waals surface area contributed by atoms with Crippen molar-refractivity contribution in [1.82, 2.24) is 9.80 Å². The first-order valence-corrected chi connectivity index (χ1v) is 9.21. The Morgan fingerprint density at radius 2 is 1.83 bits per heavy atom. The monoisotopic (exact) mass is 330 g/mol. The average Bonchev–Trinajstić information content (AvgIpc) is 3.17. The molecule has 0 aromatic heterocycles. The third-order valence-corrected chi connectivity index (χ3v) is 5.17. The number of piperidine rings is 1. The predicted molar refractivity (Wildman–Crippen MR) is 98.5 cm³/mol. The fraction of sp³-hybridized carbons (Fsp3) is 0.632. The lowest BCUT2D eigenvalue weighted by Gasteiger charge is -2.30. The third kappa shape index (κ3) is 4.20. The minimum Gasteiger partial charge on any atom is -0.497 e. The van der Waals surface area contributed by atoms with Crippen molar-refractivity contribution in [1.29, 1.82) is 0 Å². The first-order chi connectivity index (χ1) is 11.8. The van der Waals surface area contributed by atoms with Crippen molar-refractivity contribution in [2.75, 3.05) is 39.8 Å². The summed E-state index contributed by atoms with van der Waals surface area (Å²) >= 11 is 0. The van der Waals surface area contributed by atoms with Gasteiger partial charge in [-0.25, -0.2) is 0 Å². The van der Waals surface area contributed by atoms with Crippen LogP contribution < -0.4 is 10.5 Å². The number of rotatable bonds is 5. The fourth-order valence-corrected chi connectivity index (χ4v) is 3.74. The number of aliphatic imine (C=N–C) groups is 1. The highest BCUT2D eigenvalue weighted by Gasteiger charge is 2.24. The maximum absolute atomic E-state index is 6.26. The maximum atomic E-state index is 6.26. The number of methoxy groups -OCH3 is 1. The van der Waals surface area contributed by atoms with Crippen LogP contribution in [0.3, 0.4) is 0 Å². The van der Waals surface area contributed by atoms with Crippen molar-refractivity contribution in [2.45, 2.75) is 38.1 Å². The molecule has 1 aromatic rings. The molecule has 0 bridgehead atoms. The lowest BCUT2D eigenvalue weighted by atomic mass is 10.1. The van der Waals surface area contributed by atoms with Crippen molar-refractivity contribution in [3.8, 4) is 5.75 Å². The first-order valence-electron chi connectivity index (χ1n) is 9.21. The van der Waals surface area contributed by atoms with Gasteiger partial charge in [0.15, 0.2) is 5.96 Å². The van der Waals surface area contributed by atoms with Gasteiger partial charge in [0.25, 0.3) is 0 Å². The summed E-state index contributed by atoms with van der Waals surface area (Å²) in [5.41, 5.74) is 7.53. The van der Waals surface area contributed by atoms with Crippen LogP contribution >= 0.6 is 0 Å². The van der Waals surface area contributed by atoms with Gasteiger partial charge in [-0.15, -0.1) is 0 Å². The van der Waals surface area contributed by atoms with Crippen LogP contribution in [0.5, 0.6) is 5.75 Å². The number of likely N-dealkylation sites (tertiary alicyclic amines) is 2. The molecule has 0 amide bonds. The second-order valence-electron chi connectivity index (χ2n) is 6.78. The zero-order valence-electron chi connectivity index (χ0n) is 14.8. The largest absolute Gasteiger partial charge is 0.497 e. The number of hydrogen-bond acceptors (Lipinski definition) is 3. The van der Waals surface area contributed by atoms with Crippen LogP contribution in [0, 0.1) is 0 Å². The minimum absolute atomic E-state index is 0.283. The standard InChI is InChI=1S/C19H30N4O/c1-24-17-9-7-8-16(14-17)18(22-10-5-6-11-22)15-21-19(20)23-12-3-2-4-13-23/h7-9,14,18H,2-6,10-13,15H2,1H3,(H2,20,21). The molecule has 0 spiro atoms. The summed E-state index contributed by atoms with van der Waals surface area (Å²) in [4.78, 5) is 9.52. The van der Waals surface area contributed by atoms with Gasteiger partial charge in [0.2, 0.25) is 0 Å². The molecule has 0 radical (unpaired) electrons. The van der Waals surface area contributed by atoms with Crippen LogP contribution in [-0.2, 0) is 0 Å². The Bertz CT molecular complexity index is 548. The molecule has 2 fully saturated rings. The van der Waals surface area contributed by atoms with E-state index in [9.17, 15) is 0 Å². The normalized spacial score (nSPS) is 21.0. The van der Waals surface area contributed by atoms with Crippen molar-refractivity contribution in [3.63, 3.8) is 0 Å². The molecule has 1 aromatic carbocycles. The molecule has 5 heteroatoms. The van der Waals surface area contributed by atoms with E-state index in [4.69, 9.17) is 15.5 Å². The minimum atomic E-state index is 0.283. The van der Waals surface area contributed by atoms with Gasteiger partial charge in [-0.3, -0.25) is 9.89 Å². The highest BCUT2D eigenvalue weighted by atomic mass is 16.5. The third-order valence-electron chi connectivity index (χ3n) is 5.17. The van der Waals surface area contributed by atoms with Crippen molar-refractivity contribution in [3.05, 3.63) is 29.8 Å². The number of nitrogens with two attached hydrogens (primary N) is 1. The highest BCUT2D eigenvalue weighted by Crippen LogP contribution is 2.28. The molecule has 2 N–H and O–H groups in total. The van der Waals surface area contributed by atoms with Crippen LogP contribution in [0.4, 0.5) is 0 Å². The van der Waals surface area contributed by atoms with Gasteiger partial charge in [-0.2, -0.15) is 0 Å². The molecule has 1 unspecified atom stereocenters. The van der Waals surface area contributed by atoms with E-state index >= 15 is 0 Å². The summed E-state index contributed by atoms with van der Waals surface area (Å²) in [6, 6.07) is 8.66. The summed E-state index contributed by atoms with van der Waals surface area (Å²) in [5.74, 6) is 1.62. The van der Waals surface area contributed by atoms with Crippen LogP contribution in [0.1, 0.15) is 43.7 Å². The summed E-state index contributed by atoms with van der Waals surface area (Å²) in [5, 5.41) is 0. The highest BCUT2D eigenvalue weighted by molar-refractivity contribution is 5.78. The smallest absolute Gasteiger partial charge is 0.191 e. The van der Waals surface area contributed by atoms with Gasteiger partial charge < -0.3 is 15.4 Å². The van der Waals surface area contributed by atoms with E-state index in [1.165, 1.54) is 37.7 Å². The van der Waals surface area contributed by atoms with E-state index in [1.807, 2.05) is 6.07 Å². The summed E-state index contributed by atoms with van der Waals surface area (Å²) in [6.45, 7) is 5.09. The number of benzene rings is 1. The molecule has 24 heavy (non-hydrogen) atoms. The lowest BCUT2D eigenvalue weighted by Crippen LogP contribution is -2.41. The van der Waals surface area contributed by atoms with E-state index in [1.54, 1.807) is 7.11 Å². The van der Waals surface area contributed by atoms with Gasteiger partial charge in [-0.1, -0.05) is 12.1 Å². The van der Waals surface area contributed by atoms with Gasteiger partial charge in [0.1, 0.15) is 5.75 Å². The Morgan fingerprint density at radius 3 is 2.54 bits per heavy atom. The van der Waals surface area contributed by atoms with E-state index in [0.717, 1.165) is 38.5 Å². The zero-order chi connectivity index (χ0) is 16.8. The summed E-state index contributed by atoms with van der Waals surface area (Å²) in [6.07, 6.45) is 6.30.